The van der Waals surface area contributed by atoms with Gasteiger partial charge in [0, 0.05) is 10.0 Å². The quantitative estimate of drug-likeness (QED) is 0.320. The van der Waals surface area contributed by atoms with Crippen LogP contribution in [0.2, 0.25) is 10.0 Å². The number of fused-ring (bicyclic) bond motifs is 1. The van der Waals surface area contributed by atoms with Crippen LogP contribution in [-0.4, -0.2) is 28.7 Å². The smallest absolute Gasteiger partial charge is 0.258 e. The lowest BCUT2D eigenvalue weighted by molar-refractivity contribution is -0.123. The predicted molar refractivity (Wildman–Crippen MR) is 135 cm³/mol. The summed E-state index contributed by atoms with van der Waals surface area (Å²) in [5.41, 5.74) is 3.81. The third-order valence-electron chi connectivity index (χ3n) is 5.35. The van der Waals surface area contributed by atoms with E-state index in [4.69, 9.17) is 37.7 Å². The largest absolute Gasteiger partial charge is 0.492 e. The van der Waals surface area contributed by atoms with E-state index in [2.05, 4.69) is 9.88 Å². The third kappa shape index (κ3) is 5.82. The number of rotatable bonds is 9. The zero-order valence-corrected chi connectivity index (χ0v) is 20.5. The molecule has 0 bridgehead atoms. The summed E-state index contributed by atoms with van der Waals surface area (Å²) in [6.45, 7) is 5.12. The zero-order valence-electron chi connectivity index (χ0n) is 19.0. The minimum absolute atomic E-state index is 0.0970. The summed E-state index contributed by atoms with van der Waals surface area (Å²) >= 11 is 12.1. The molecule has 0 aliphatic rings. The van der Waals surface area contributed by atoms with Gasteiger partial charge in [-0.2, -0.15) is 0 Å². The Morgan fingerprint density at radius 2 is 1.68 bits per heavy atom. The number of nitrogens with zero attached hydrogens (tertiary/aromatic N) is 2. The molecule has 34 heavy (non-hydrogen) atoms. The van der Waals surface area contributed by atoms with E-state index in [9.17, 15) is 4.79 Å². The molecule has 0 aliphatic heterocycles. The van der Waals surface area contributed by atoms with Crippen LogP contribution in [0.4, 0.5) is 0 Å². The van der Waals surface area contributed by atoms with Crippen molar-refractivity contribution in [2.45, 2.75) is 26.9 Å². The van der Waals surface area contributed by atoms with E-state index >= 15 is 0 Å². The molecule has 0 aliphatic carbocycles. The van der Waals surface area contributed by atoms with Crippen molar-refractivity contribution in [2.75, 3.05) is 13.2 Å². The van der Waals surface area contributed by atoms with E-state index in [0.29, 0.717) is 23.9 Å². The standard InChI is InChI=1S/C26H25Cl2N3O3/c1-17-13-21(14-18(2)26(17)28)33-12-11-31-23-6-4-3-5-22(23)30-24(31)15-29-25(32)16-34-20-9-7-19(27)8-10-20/h3-10,13-14H,11-12,15-16H2,1-2H3,(H,29,32). The molecule has 0 fully saturated rings. The van der Waals surface area contributed by atoms with Crippen LogP contribution < -0.4 is 14.8 Å². The van der Waals surface area contributed by atoms with E-state index < -0.39 is 0 Å². The molecule has 0 unspecified atom stereocenters. The first kappa shape index (κ1) is 23.9. The lowest BCUT2D eigenvalue weighted by Crippen LogP contribution is -2.29. The van der Waals surface area contributed by atoms with Crippen LogP contribution in [0, 0.1) is 13.8 Å². The van der Waals surface area contributed by atoms with Gasteiger partial charge in [-0.1, -0.05) is 35.3 Å². The van der Waals surface area contributed by atoms with Crippen molar-refractivity contribution in [3.05, 3.63) is 87.7 Å². The summed E-state index contributed by atoms with van der Waals surface area (Å²) in [7, 11) is 0. The van der Waals surface area contributed by atoms with E-state index in [1.54, 1.807) is 24.3 Å². The summed E-state index contributed by atoms with van der Waals surface area (Å²) in [6.07, 6.45) is 0. The average molecular weight is 498 g/mol. The van der Waals surface area contributed by atoms with Gasteiger partial charge in [0.05, 0.1) is 24.1 Å². The number of ether oxygens (including phenoxy) is 2. The SMILES string of the molecule is Cc1cc(OCCn2c(CNC(=O)COc3ccc(Cl)cc3)nc3ccccc32)cc(C)c1Cl. The number of aryl methyl sites for hydroxylation is 2. The first-order chi connectivity index (χ1) is 16.4. The van der Waals surface area contributed by atoms with E-state index in [0.717, 1.165) is 38.8 Å². The Morgan fingerprint density at radius 3 is 2.41 bits per heavy atom. The van der Waals surface area contributed by atoms with Crippen molar-refractivity contribution in [3.63, 3.8) is 0 Å². The summed E-state index contributed by atoms with van der Waals surface area (Å²) in [5.74, 6) is 1.86. The molecule has 0 radical (unpaired) electrons. The Balaban J connectivity index is 1.39. The topological polar surface area (TPSA) is 65.4 Å². The Morgan fingerprint density at radius 1 is 0.971 bits per heavy atom. The van der Waals surface area contributed by atoms with Crippen molar-refractivity contribution in [3.8, 4) is 11.5 Å². The first-order valence-corrected chi connectivity index (χ1v) is 11.6. The second kappa shape index (κ2) is 10.8. The number of nitrogens with one attached hydrogen (secondary N) is 1. The Kier molecular flexibility index (Phi) is 7.60. The van der Waals surface area contributed by atoms with Crippen LogP contribution in [-0.2, 0) is 17.9 Å². The number of aromatic nitrogens is 2. The van der Waals surface area contributed by atoms with Crippen LogP contribution in [0.25, 0.3) is 11.0 Å². The summed E-state index contributed by atoms with van der Waals surface area (Å²) < 4.78 is 13.6. The zero-order chi connectivity index (χ0) is 24.1. The van der Waals surface area contributed by atoms with Crippen molar-refractivity contribution < 1.29 is 14.3 Å². The maximum Gasteiger partial charge on any atom is 0.258 e. The van der Waals surface area contributed by atoms with Gasteiger partial charge in [-0.25, -0.2) is 4.98 Å². The highest BCUT2D eigenvalue weighted by atomic mass is 35.5. The van der Waals surface area contributed by atoms with Gasteiger partial charge in [0.2, 0.25) is 0 Å². The number of halogens is 2. The molecule has 3 aromatic carbocycles. The molecule has 4 rings (SSSR count). The molecule has 0 saturated carbocycles. The fraction of sp³-hybridized carbons (Fsp3) is 0.231. The maximum atomic E-state index is 12.3. The Bertz CT molecular complexity index is 1280. The third-order valence-corrected chi connectivity index (χ3v) is 6.20. The van der Waals surface area contributed by atoms with Gasteiger partial charge in [-0.3, -0.25) is 4.79 Å². The lowest BCUT2D eigenvalue weighted by Gasteiger charge is -2.13. The van der Waals surface area contributed by atoms with Crippen molar-refractivity contribution in [1.82, 2.24) is 14.9 Å². The molecule has 176 valence electrons. The van der Waals surface area contributed by atoms with Gasteiger partial charge in [0.25, 0.3) is 5.91 Å². The molecule has 0 spiro atoms. The normalized spacial score (nSPS) is 10.9. The van der Waals surface area contributed by atoms with E-state index in [1.165, 1.54) is 0 Å². The van der Waals surface area contributed by atoms with Gasteiger partial charge >= 0.3 is 0 Å². The lowest BCUT2D eigenvalue weighted by atomic mass is 10.1. The van der Waals surface area contributed by atoms with Crippen LogP contribution in [0.1, 0.15) is 17.0 Å². The molecular formula is C26H25Cl2N3O3. The second-order valence-corrected chi connectivity index (χ2v) is 8.72. The van der Waals surface area contributed by atoms with Crippen molar-refractivity contribution >= 4 is 40.1 Å². The number of hydrogen-bond acceptors (Lipinski definition) is 4. The monoisotopic (exact) mass is 497 g/mol. The van der Waals surface area contributed by atoms with Gasteiger partial charge in [-0.15, -0.1) is 0 Å². The molecule has 4 aromatic rings. The van der Waals surface area contributed by atoms with Gasteiger partial charge in [0.1, 0.15) is 23.9 Å². The second-order valence-electron chi connectivity index (χ2n) is 7.91. The number of hydrogen-bond donors (Lipinski definition) is 1. The first-order valence-electron chi connectivity index (χ1n) is 10.9. The summed E-state index contributed by atoms with van der Waals surface area (Å²) in [6, 6.07) is 18.6. The van der Waals surface area contributed by atoms with E-state index in [1.807, 2.05) is 50.2 Å². The minimum Gasteiger partial charge on any atom is -0.492 e. The van der Waals surface area contributed by atoms with Crippen LogP contribution in [0.15, 0.2) is 60.7 Å². The molecule has 0 atom stereocenters. The van der Waals surface area contributed by atoms with E-state index in [-0.39, 0.29) is 19.1 Å². The Hall–Kier alpha value is -3.22. The highest BCUT2D eigenvalue weighted by Crippen LogP contribution is 2.26. The fourth-order valence-electron chi connectivity index (χ4n) is 3.66. The number of amides is 1. The van der Waals surface area contributed by atoms with Gasteiger partial charge < -0.3 is 19.4 Å². The maximum absolute atomic E-state index is 12.3. The van der Waals surface area contributed by atoms with Crippen LogP contribution in [0.3, 0.4) is 0 Å². The molecule has 0 saturated heterocycles. The van der Waals surface area contributed by atoms with Gasteiger partial charge in [-0.05, 0) is 73.5 Å². The van der Waals surface area contributed by atoms with Crippen molar-refractivity contribution in [1.29, 1.82) is 0 Å². The molecule has 1 aromatic heterocycles. The number of carbonyl (C=O) groups is 1. The predicted octanol–water partition coefficient (Wildman–Crippen LogP) is 5.73. The molecule has 1 heterocycles. The molecule has 8 heteroatoms. The number of carbonyl (C=O) groups excluding carboxylic acids is 1. The summed E-state index contributed by atoms with van der Waals surface area (Å²) in [5, 5.41) is 4.25. The molecule has 6 nitrogen and oxygen atoms in total. The van der Waals surface area contributed by atoms with Crippen molar-refractivity contribution in [2.24, 2.45) is 0 Å². The molecule has 1 amide bonds. The molecular weight excluding hydrogens is 473 g/mol. The highest BCUT2D eigenvalue weighted by Gasteiger charge is 2.13. The molecule has 1 N–H and O–H groups in total. The fourth-order valence-corrected chi connectivity index (χ4v) is 3.90. The number of imidazole rings is 1. The Labute approximate surface area is 208 Å². The summed E-state index contributed by atoms with van der Waals surface area (Å²) in [4.78, 5) is 17.0. The van der Waals surface area contributed by atoms with Crippen LogP contribution in [0.5, 0.6) is 11.5 Å². The minimum atomic E-state index is -0.239. The average Bonchev–Trinajstić information content (AvgIpc) is 3.18. The van der Waals surface area contributed by atoms with Crippen LogP contribution >= 0.6 is 23.2 Å². The number of para-hydroxylation sites is 2. The van der Waals surface area contributed by atoms with Gasteiger partial charge in [0.15, 0.2) is 6.61 Å². The highest BCUT2D eigenvalue weighted by molar-refractivity contribution is 6.32. The number of benzene rings is 3.